The van der Waals surface area contributed by atoms with Crippen molar-refractivity contribution < 1.29 is 21.7 Å². The Morgan fingerprint density at radius 3 is 2.50 bits per heavy atom. The Hall–Kier alpha value is -0.310. The van der Waals surface area contributed by atoms with E-state index in [4.69, 9.17) is 0 Å². The molecule has 0 saturated heterocycles. The van der Waals surface area contributed by atoms with Crippen LogP contribution in [0.2, 0.25) is 0 Å². The third kappa shape index (κ3) is 1.84. The quantitative estimate of drug-likeness (QED) is 0.485. The summed E-state index contributed by atoms with van der Waals surface area (Å²) in [6, 6.07) is 2.06. The second-order valence-electron chi connectivity index (χ2n) is 2.00. The zero-order chi connectivity index (χ0) is 6.69. The third-order valence-corrected chi connectivity index (χ3v) is 1.49. The predicted octanol–water partition coefficient (Wildman–Crippen LogP) is -2.18. The van der Waals surface area contributed by atoms with Crippen LogP contribution in [0.4, 0.5) is 0 Å². The zero-order valence-corrected chi connectivity index (χ0v) is 8.00. The fraction of sp³-hybridized carbons (Fsp3) is 0.571. The molecule has 1 aromatic rings. The van der Waals surface area contributed by atoms with Gasteiger partial charge >= 0.3 is 0 Å². The Labute approximate surface area is 72.2 Å². The molecule has 0 aliphatic rings. The van der Waals surface area contributed by atoms with E-state index in [1.807, 2.05) is 0 Å². The maximum Gasteiger partial charge on any atom is 0.195 e. The van der Waals surface area contributed by atoms with E-state index in [0.29, 0.717) is 0 Å². The van der Waals surface area contributed by atoms with E-state index in [2.05, 4.69) is 41.7 Å². The van der Waals surface area contributed by atoms with Crippen molar-refractivity contribution in [2.24, 2.45) is 0 Å². The molecule has 1 rings (SSSR count). The van der Waals surface area contributed by atoms with Crippen LogP contribution in [0.3, 0.4) is 0 Å². The molecule has 1 heterocycles. The summed E-state index contributed by atoms with van der Waals surface area (Å²) in [4.78, 5) is 0. The van der Waals surface area contributed by atoms with Gasteiger partial charge in [-0.1, -0.05) is 0 Å². The molecule has 0 fully saturated rings. The number of rotatable bonds is 2. The van der Waals surface area contributed by atoms with Gasteiger partial charge in [0.25, 0.3) is 0 Å². The number of halogens is 1. The molecule has 3 heteroatoms. The van der Waals surface area contributed by atoms with E-state index in [0.717, 1.165) is 13.1 Å². The minimum absolute atomic E-state index is 0. The SMILES string of the molecule is CCn1ccc[n+]1CC.[Br-]. The van der Waals surface area contributed by atoms with Crippen LogP contribution in [0.5, 0.6) is 0 Å². The van der Waals surface area contributed by atoms with E-state index < -0.39 is 0 Å². The molecule has 0 bridgehead atoms. The summed E-state index contributed by atoms with van der Waals surface area (Å²) in [7, 11) is 0. The van der Waals surface area contributed by atoms with E-state index in [9.17, 15) is 0 Å². The van der Waals surface area contributed by atoms with E-state index in [1.54, 1.807) is 0 Å². The molecule has 0 saturated carbocycles. The van der Waals surface area contributed by atoms with Gasteiger partial charge in [0.2, 0.25) is 0 Å². The van der Waals surface area contributed by atoms with Gasteiger partial charge in [0, 0.05) is 6.07 Å². The summed E-state index contributed by atoms with van der Waals surface area (Å²) >= 11 is 0. The van der Waals surface area contributed by atoms with Crippen molar-refractivity contribution in [2.45, 2.75) is 26.9 Å². The number of nitrogens with zero attached hydrogens (tertiary/aromatic N) is 2. The average Bonchev–Trinajstić information content (AvgIpc) is 2.33. The summed E-state index contributed by atoms with van der Waals surface area (Å²) in [6.45, 7) is 6.40. The van der Waals surface area contributed by atoms with Crippen LogP contribution in [0.1, 0.15) is 13.8 Å². The minimum Gasteiger partial charge on any atom is -1.00 e. The lowest BCUT2D eigenvalue weighted by molar-refractivity contribution is -0.772. The van der Waals surface area contributed by atoms with Crippen molar-refractivity contribution in [3.05, 3.63) is 18.5 Å². The smallest absolute Gasteiger partial charge is 0.195 e. The van der Waals surface area contributed by atoms with Crippen LogP contribution in [-0.2, 0) is 13.1 Å². The summed E-state index contributed by atoms with van der Waals surface area (Å²) in [5.74, 6) is 0. The average molecular weight is 205 g/mol. The van der Waals surface area contributed by atoms with Crippen molar-refractivity contribution in [2.75, 3.05) is 0 Å². The number of hydrogen-bond acceptors (Lipinski definition) is 0. The fourth-order valence-corrected chi connectivity index (χ4v) is 0.983. The molecular formula is C7H13BrN2. The molecule has 10 heavy (non-hydrogen) atoms. The summed E-state index contributed by atoms with van der Waals surface area (Å²) in [5, 5.41) is 0. The first-order valence-electron chi connectivity index (χ1n) is 3.43. The molecule has 58 valence electrons. The van der Waals surface area contributed by atoms with Crippen molar-refractivity contribution in [3.63, 3.8) is 0 Å². The molecule has 0 spiro atoms. The lowest BCUT2D eigenvalue weighted by Gasteiger charge is -1.93. The number of hydrogen-bond donors (Lipinski definition) is 0. The van der Waals surface area contributed by atoms with Crippen LogP contribution >= 0.6 is 0 Å². The zero-order valence-electron chi connectivity index (χ0n) is 6.42. The summed E-state index contributed by atoms with van der Waals surface area (Å²) in [5.41, 5.74) is 0. The highest BCUT2D eigenvalue weighted by Gasteiger charge is 1.99. The Bertz CT molecular complexity index is 165. The van der Waals surface area contributed by atoms with Crippen LogP contribution < -0.4 is 21.7 Å². The molecule has 0 aliphatic heterocycles. The first-order chi connectivity index (χ1) is 4.38. The Morgan fingerprint density at radius 1 is 1.40 bits per heavy atom. The van der Waals surface area contributed by atoms with Crippen molar-refractivity contribution in [3.8, 4) is 0 Å². The van der Waals surface area contributed by atoms with Gasteiger partial charge in [0.1, 0.15) is 0 Å². The molecule has 0 aliphatic carbocycles. The van der Waals surface area contributed by atoms with Crippen LogP contribution in [0.15, 0.2) is 18.5 Å². The summed E-state index contributed by atoms with van der Waals surface area (Å²) in [6.07, 6.45) is 4.17. The molecular weight excluding hydrogens is 192 g/mol. The van der Waals surface area contributed by atoms with Crippen LogP contribution in [0.25, 0.3) is 0 Å². The Morgan fingerprint density at radius 2 is 2.10 bits per heavy atom. The monoisotopic (exact) mass is 204 g/mol. The second-order valence-corrected chi connectivity index (χ2v) is 2.00. The maximum atomic E-state index is 2.18. The van der Waals surface area contributed by atoms with Gasteiger partial charge in [0.15, 0.2) is 12.7 Å². The van der Waals surface area contributed by atoms with Crippen LogP contribution in [0, 0.1) is 0 Å². The van der Waals surface area contributed by atoms with Crippen LogP contribution in [-0.4, -0.2) is 4.68 Å². The van der Waals surface area contributed by atoms with Gasteiger partial charge in [-0.25, -0.2) is 0 Å². The standard InChI is InChI=1S/C7H13N2.BrH/c1-3-8-6-5-7-9(8)4-2;/h5-7H,3-4H2,1-2H3;1H/q+1;/p-1. The predicted molar refractivity (Wildman–Crippen MR) is 36.0 cm³/mol. The van der Waals surface area contributed by atoms with E-state index in [1.165, 1.54) is 0 Å². The third-order valence-electron chi connectivity index (χ3n) is 1.49. The van der Waals surface area contributed by atoms with Crippen molar-refractivity contribution >= 4 is 0 Å². The highest BCUT2D eigenvalue weighted by Crippen LogP contribution is 1.80. The molecule has 0 radical (unpaired) electrons. The number of aryl methyl sites for hydroxylation is 2. The highest BCUT2D eigenvalue weighted by molar-refractivity contribution is 4.70. The van der Waals surface area contributed by atoms with Crippen molar-refractivity contribution in [1.82, 2.24) is 4.68 Å². The van der Waals surface area contributed by atoms with E-state index in [-0.39, 0.29) is 17.0 Å². The van der Waals surface area contributed by atoms with Gasteiger partial charge in [-0.2, -0.15) is 4.68 Å². The highest BCUT2D eigenvalue weighted by atomic mass is 79.9. The lowest BCUT2D eigenvalue weighted by Crippen LogP contribution is -3.00. The van der Waals surface area contributed by atoms with Gasteiger partial charge < -0.3 is 17.0 Å². The molecule has 0 amide bonds. The number of aromatic nitrogens is 2. The fourth-order valence-electron chi connectivity index (χ4n) is 0.983. The Kier molecular flexibility index (Phi) is 4.36. The van der Waals surface area contributed by atoms with Crippen molar-refractivity contribution in [1.29, 1.82) is 0 Å². The molecule has 0 aromatic carbocycles. The van der Waals surface area contributed by atoms with Gasteiger partial charge in [0.05, 0.1) is 12.7 Å². The minimum atomic E-state index is 0. The molecule has 0 N–H and O–H groups in total. The molecule has 1 aromatic heterocycles. The molecule has 0 unspecified atom stereocenters. The van der Waals surface area contributed by atoms with E-state index >= 15 is 0 Å². The van der Waals surface area contributed by atoms with Gasteiger partial charge in [-0.15, -0.1) is 4.68 Å². The lowest BCUT2D eigenvalue weighted by atomic mass is 10.7. The first kappa shape index (κ1) is 9.69. The normalized spacial score (nSPS) is 9.00. The van der Waals surface area contributed by atoms with Gasteiger partial charge in [-0.05, 0) is 13.8 Å². The first-order valence-corrected chi connectivity index (χ1v) is 3.43. The molecule has 0 atom stereocenters. The largest absolute Gasteiger partial charge is 1.00 e. The topological polar surface area (TPSA) is 8.81 Å². The Balaban J connectivity index is 0.000000810. The van der Waals surface area contributed by atoms with Gasteiger partial charge in [-0.3, -0.25) is 0 Å². The maximum absolute atomic E-state index is 2.18. The molecule has 2 nitrogen and oxygen atoms in total. The second kappa shape index (κ2) is 4.50. The summed E-state index contributed by atoms with van der Waals surface area (Å²) < 4.78 is 4.36.